The predicted octanol–water partition coefficient (Wildman–Crippen LogP) is 3.01. The summed E-state index contributed by atoms with van der Waals surface area (Å²) < 4.78 is 40.6. The molecule has 1 aliphatic heterocycles. The van der Waals surface area contributed by atoms with Crippen LogP contribution in [0.15, 0.2) is 30.5 Å². The number of rotatable bonds is 6. The number of carboxylic acid groups (broad SMARTS) is 1. The summed E-state index contributed by atoms with van der Waals surface area (Å²) in [4.78, 5) is 29.4. The number of aromatic amines is 1. The maximum absolute atomic E-state index is 14.4. The van der Waals surface area contributed by atoms with Crippen molar-refractivity contribution in [3.8, 4) is 5.69 Å². The minimum atomic E-state index is -1.90. The quantitative estimate of drug-likeness (QED) is 0.203. The molecule has 4 heterocycles. The molecule has 2 aliphatic rings. The number of nitrogens with zero attached hydrogens (tertiary/aromatic N) is 3. The van der Waals surface area contributed by atoms with Crippen molar-refractivity contribution in [2.75, 3.05) is 0 Å². The van der Waals surface area contributed by atoms with Crippen LogP contribution in [0.2, 0.25) is 0 Å². The number of carbonyl (C=O) groups is 2. The molecule has 44 heavy (non-hydrogen) atoms. The van der Waals surface area contributed by atoms with Gasteiger partial charge >= 0.3 is 11.9 Å². The van der Waals surface area contributed by atoms with Crippen LogP contribution in [-0.4, -0.2) is 82.8 Å². The first-order valence-electron chi connectivity index (χ1n) is 14.4. The molecule has 0 spiro atoms. The van der Waals surface area contributed by atoms with Gasteiger partial charge < -0.3 is 34.5 Å². The maximum Gasteiger partial charge on any atom is 0.335 e. The molecular weight excluding hydrogens is 582 g/mol. The molecule has 3 aromatic heterocycles. The molecule has 1 saturated heterocycles. The number of H-pyrrole nitrogens is 1. The summed E-state index contributed by atoms with van der Waals surface area (Å²) in [6, 6.07) is 5.67. The van der Waals surface area contributed by atoms with Crippen LogP contribution in [0.5, 0.6) is 0 Å². The number of aliphatic hydroxyl groups is 3. The highest BCUT2D eigenvalue weighted by Crippen LogP contribution is 2.45. The van der Waals surface area contributed by atoms with E-state index in [9.17, 15) is 38.8 Å². The van der Waals surface area contributed by atoms with Gasteiger partial charge in [-0.2, -0.15) is 5.10 Å². The van der Waals surface area contributed by atoms with Crippen LogP contribution in [0.25, 0.3) is 27.8 Å². The molecule has 12 nitrogen and oxygen atoms in total. The number of esters is 1. The summed E-state index contributed by atoms with van der Waals surface area (Å²) >= 11 is 0. The SMILES string of the molecule is CC(C)c1c([C@H]2CC[C@H](C(=O)O[C@@H]3O[C@H](C(=O)O)[C@@H](O)[C@H](O)[C@H]3O)CC2)c2nc3[nH]ncc3cc2n1-c1ccc(F)c(F)c1. The van der Waals surface area contributed by atoms with Gasteiger partial charge in [0.05, 0.1) is 23.1 Å². The Balaban J connectivity index is 1.30. The van der Waals surface area contributed by atoms with Gasteiger partial charge in [0.2, 0.25) is 6.29 Å². The van der Waals surface area contributed by atoms with E-state index in [4.69, 9.17) is 14.5 Å². The lowest BCUT2D eigenvalue weighted by atomic mass is 9.77. The molecule has 5 N–H and O–H groups in total. The molecule has 5 atom stereocenters. The molecule has 6 rings (SSSR count). The first kappa shape index (κ1) is 30.1. The van der Waals surface area contributed by atoms with E-state index in [0.29, 0.717) is 48.1 Å². The largest absolute Gasteiger partial charge is 0.479 e. The number of hydrogen-bond donors (Lipinski definition) is 5. The van der Waals surface area contributed by atoms with Crippen molar-refractivity contribution in [2.24, 2.45) is 5.92 Å². The van der Waals surface area contributed by atoms with Gasteiger partial charge in [-0.3, -0.25) is 9.89 Å². The topological polar surface area (TPSA) is 180 Å². The average molecular weight is 615 g/mol. The fourth-order valence-electron chi connectivity index (χ4n) is 6.46. The molecule has 4 aromatic rings. The Hall–Kier alpha value is -3.98. The number of ether oxygens (including phenoxy) is 2. The molecule has 0 unspecified atom stereocenters. The van der Waals surface area contributed by atoms with Crippen LogP contribution in [0.3, 0.4) is 0 Å². The molecule has 0 bridgehead atoms. The van der Waals surface area contributed by atoms with Crippen molar-refractivity contribution in [1.82, 2.24) is 19.7 Å². The zero-order valence-corrected chi connectivity index (χ0v) is 23.9. The average Bonchev–Trinajstić information content (AvgIpc) is 3.59. The second-order valence-electron chi connectivity index (χ2n) is 11.8. The van der Waals surface area contributed by atoms with Crippen molar-refractivity contribution >= 4 is 34.0 Å². The summed E-state index contributed by atoms with van der Waals surface area (Å²) in [5.74, 6) is -4.90. The lowest BCUT2D eigenvalue weighted by molar-refractivity contribution is -0.287. The lowest BCUT2D eigenvalue weighted by Crippen LogP contribution is -2.60. The number of pyridine rings is 1. The van der Waals surface area contributed by atoms with E-state index in [0.717, 1.165) is 28.8 Å². The van der Waals surface area contributed by atoms with Gasteiger partial charge in [-0.25, -0.2) is 18.6 Å². The summed E-state index contributed by atoms with van der Waals surface area (Å²) in [6.45, 7) is 4.02. The van der Waals surface area contributed by atoms with Crippen LogP contribution in [0.1, 0.15) is 62.6 Å². The highest BCUT2D eigenvalue weighted by molar-refractivity contribution is 5.93. The molecule has 0 amide bonds. The van der Waals surface area contributed by atoms with E-state index >= 15 is 0 Å². The Morgan fingerprint density at radius 3 is 2.43 bits per heavy atom. The van der Waals surface area contributed by atoms with Crippen LogP contribution in [-0.2, 0) is 19.1 Å². The maximum atomic E-state index is 14.4. The summed E-state index contributed by atoms with van der Waals surface area (Å²) in [5, 5.41) is 47.2. The zero-order chi connectivity index (χ0) is 31.4. The number of carboxylic acids is 1. The van der Waals surface area contributed by atoms with E-state index in [1.807, 2.05) is 24.5 Å². The van der Waals surface area contributed by atoms with Crippen molar-refractivity contribution < 1.29 is 48.3 Å². The number of aliphatic hydroxyl groups excluding tert-OH is 3. The molecule has 14 heteroatoms. The Kier molecular flexibility index (Phi) is 7.86. The first-order chi connectivity index (χ1) is 21.0. The first-order valence-corrected chi connectivity index (χ1v) is 14.4. The number of halogens is 2. The van der Waals surface area contributed by atoms with Gasteiger partial charge in [0, 0.05) is 28.4 Å². The summed E-state index contributed by atoms with van der Waals surface area (Å²) in [6.07, 6.45) is -5.73. The van der Waals surface area contributed by atoms with Crippen molar-refractivity contribution in [1.29, 1.82) is 0 Å². The van der Waals surface area contributed by atoms with Crippen LogP contribution < -0.4 is 0 Å². The second kappa shape index (κ2) is 11.5. The Bertz CT molecular complexity index is 1730. The minimum absolute atomic E-state index is 0.0413. The smallest absolute Gasteiger partial charge is 0.335 e. The minimum Gasteiger partial charge on any atom is -0.479 e. The monoisotopic (exact) mass is 614 g/mol. The third kappa shape index (κ3) is 5.11. The molecule has 0 radical (unpaired) electrons. The van der Waals surface area contributed by atoms with Crippen LogP contribution in [0.4, 0.5) is 8.78 Å². The van der Waals surface area contributed by atoms with Gasteiger partial charge in [0.15, 0.2) is 23.4 Å². The molecule has 1 aromatic carbocycles. The molecule has 1 saturated carbocycles. The lowest BCUT2D eigenvalue weighted by Gasteiger charge is -2.38. The van der Waals surface area contributed by atoms with Gasteiger partial charge in [0.25, 0.3) is 0 Å². The van der Waals surface area contributed by atoms with Crippen molar-refractivity contribution in [3.63, 3.8) is 0 Å². The van der Waals surface area contributed by atoms with E-state index in [-0.39, 0.29) is 11.8 Å². The highest BCUT2D eigenvalue weighted by atomic mass is 19.2. The summed E-state index contributed by atoms with van der Waals surface area (Å²) in [7, 11) is 0. The predicted molar refractivity (Wildman–Crippen MR) is 150 cm³/mol. The number of hydrogen-bond acceptors (Lipinski definition) is 9. The number of benzene rings is 1. The van der Waals surface area contributed by atoms with Crippen LogP contribution >= 0.6 is 0 Å². The standard InChI is InChI=1S/C30H32F2N4O8/c1-12(2)22-20(21-19(9-15-11-33-35-27(15)34-21)36(22)16-7-8-17(31)18(32)10-16)13-3-5-14(6-4-13)29(42)44-30-25(39)23(37)24(38)26(43-30)28(40)41/h7-14,23-26,30,37-39H,3-6H2,1-2H3,(H,40,41)(H,33,34,35)/t13-,14-,23-,24-,25+,26-,30-/m0/s1. The zero-order valence-electron chi connectivity index (χ0n) is 23.9. The van der Waals surface area contributed by atoms with Gasteiger partial charge in [-0.05, 0) is 55.7 Å². The molecule has 1 aliphatic carbocycles. The van der Waals surface area contributed by atoms with Gasteiger partial charge in [-0.15, -0.1) is 0 Å². The fraction of sp³-hybridized carbons (Fsp3) is 0.467. The van der Waals surface area contributed by atoms with Gasteiger partial charge in [-0.1, -0.05) is 13.8 Å². The van der Waals surface area contributed by atoms with Gasteiger partial charge in [0.1, 0.15) is 18.3 Å². The number of nitrogens with one attached hydrogen (secondary N) is 1. The van der Waals surface area contributed by atoms with Crippen molar-refractivity contribution in [2.45, 2.75) is 82.1 Å². The molecule has 2 fully saturated rings. The third-order valence-electron chi connectivity index (χ3n) is 8.64. The second-order valence-corrected chi connectivity index (χ2v) is 11.8. The Morgan fingerprint density at radius 1 is 1.05 bits per heavy atom. The highest BCUT2D eigenvalue weighted by Gasteiger charge is 2.49. The molecule has 234 valence electrons. The van der Waals surface area contributed by atoms with E-state index in [1.54, 1.807) is 6.20 Å². The van der Waals surface area contributed by atoms with E-state index in [2.05, 4.69) is 10.2 Å². The van der Waals surface area contributed by atoms with Crippen molar-refractivity contribution in [3.05, 3.63) is 53.4 Å². The summed E-state index contributed by atoms with van der Waals surface area (Å²) in [5.41, 5.74) is 4.25. The number of aliphatic carboxylic acids is 1. The number of aromatic nitrogens is 4. The van der Waals surface area contributed by atoms with E-state index in [1.165, 1.54) is 6.07 Å². The normalized spacial score (nSPS) is 27.7. The Labute approximate surface area is 249 Å². The molecular formula is C30H32F2N4O8. The Morgan fingerprint density at radius 2 is 1.77 bits per heavy atom. The third-order valence-corrected chi connectivity index (χ3v) is 8.64. The fourth-order valence-corrected chi connectivity index (χ4v) is 6.46. The van der Waals surface area contributed by atoms with Crippen LogP contribution in [0, 0.1) is 17.6 Å². The van der Waals surface area contributed by atoms with E-state index < -0.39 is 60.2 Å². The number of carbonyl (C=O) groups excluding carboxylic acids is 1. The number of fused-ring (bicyclic) bond motifs is 2.